The lowest BCUT2D eigenvalue weighted by atomic mass is 9.96. The van der Waals surface area contributed by atoms with E-state index in [-0.39, 0.29) is 5.91 Å². The highest BCUT2D eigenvalue weighted by Crippen LogP contribution is 2.31. The maximum atomic E-state index is 13.3. The Hall–Kier alpha value is -2.88. The number of nitrogens with one attached hydrogen (secondary N) is 1. The van der Waals surface area contributed by atoms with Gasteiger partial charge in [0.15, 0.2) is 0 Å². The SMILES string of the molecule is Cc1ccc(-c2nc3ccccc3c(C(=O)Nc3cc(Cl)cc(Cl)c3)c2C)cc1. The number of hydrogen-bond donors (Lipinski definition) is 1. The van der Waals surface area contributed by atoms with Crippen LogP contribution in [-0.4, -0.2) is 10.9 Å². The summed E-state index contributed by atoms with van der Waals surface area (Å²) in [6, 6.07) is 20.8. The Kier molecular flexibility index (Phi) is 5.27. The van der Waals surface area contributed by atoms with Gasteiger partial charge in [0, 0.05) is 26.7 Å². The van der Waals surface area contributed by atoms with Gasteiger partial charge in [-0.25, -0.2) is 4.98 Å². The van der Waals surface area contributed by atoms with E-state index in [1.807, 2.05) is 62.4 Å². The van der Waals surface area contributed by atoms with Crippen LogP contribution in [-0.2, 0) is 0 Å². The zero-order valence-corrected chi connectivity index (χ0v) is 17.5. The van der Waals surface area contributed by atoms with Gasteiger partial charge in [-0.3, -0.25) is 4.79 Å². The van der Waals surface area contributed by atoms with Gasteiger partial charge in [-0.15, -0.1) is 0 Å². The molecule has 3 aromatic carbocycles. The number of halogens is 2. The molecule has 3 nitrogen and oxygen atoms in total. The van der Waals surface area contributed by atoms with Crippen LogP contribution in [0.2, 0.25) is 10.0 Å². The molecule has 0 atom stereocenters. The van der Waals surface area contributed by atoms with E-state index in [0.717, 1.165) is 27.7 Å². The fraction of sp³-hybridized carbons (Fsp3) is 0.0833. The van der Waals surface area contributed by atoms with Crippen LogP contribution in [0, 0.1) is 13.8 Å². The van der Waals surface area contributed by atoms with Crippen molar-refractivity contribution in [1.29, 1.82) is 0 Å². The number of nitrogens with zero attached hydrogens (tertiary/aromatic N) is 1. The maximum absolute atomic E-state index is 13.3. The minimum atomic E-state index is -0.229. The average Bonchev–Trinajstić information content (AvgIpc) is 2.67. The molecule has 144 valence electrons. The van der Waals surface area contributed by atoms with Crippen LogP contribution in [0.5, 0.6) is 0 Å². The Morgan fingerprint density at radius 1 is 0.897 bits per heavy atom. The monoisotopic (exact) mass is 420 g/mol. The van der Waals surface area contributed by atoms with Crippen molar-refractivity contribution in [3.63, 3.8) is 0 Å². The van der Waals surface area contributed by atoms with Crippen molar-refractivity contribution >= 4 is 45.7 Å². The van der Waals surface area contributed by atoms with Crippen LogP contribution < -0.4 is 5.32 Å². The second-order valence-electron chi connectivity index (χ2n) is 6.96. The Morgan fingerprint density at radius 3 is 2.24 bits per heavy atom. The third kappa shape index (κ3) is 3.98. The number of aryl methyl sites for hydroxylation is 1. The molecule has 0 saturated carbocycles. The number of fused-ring (bicyclic) bond motifs is 1. The van der Waals surface area contributed by atoms with E-state index >= 15 is 0 Å². The number of carbonyl (C=O) groups excluding carboxylic acids is 1. The molecule has 1 amide bonds. The summed E-state index contributed by atoms with van der Waals surface area (Å²) in [5.41, 5.74) is 5.65. The fourth-order valence-corrected chi connectivity index (χ4v) is 3.94. The Morgan fingerprint density at radius 2 is 1.55 bits per heavy atom. The lowest BCUT2D eigenvalue weighted by molar-refractivity contribution is 0.102. The van der Waals surface area contributed by atoms with Crippen LogP contribution in [0.15, 0.2) is 66.7 Å². The normalized spacial score (nSPS) is 10.9. The molecular formula is C24H18Cl2N2O. The zero-order chi connectivity index (χ0) is 20.5. The second kappa shape index (κ2) is 7.86. The molecule has 1 aromatic heterocycles. The molecule has 0 aliphatic heterocycles. The molecule has 1 N–H and O–H groups in total. The Bertz CT molecular complexity index is 1210. The van der Waals surface area contributed by atoms with Gasteiger partial charge in [0.1, 0.15) is 0 Å². The fourth-order valence-electron chi connectivity index (χ4n) is 3.41. The quantitative estimate of drug-likeness (QED) is 0.384. The van der Waals surface area contributed by atoms with Crippen molar-refractivity contribution in [3.8, 4) is 11.3 Å². The standard InChI is InChI=1S/C24H18Cl2N2O/c1-14-7-9-16(10-8-14)23-15(2)22(20-5-3-4-6-21(20)28-23)24(29)27-19-12-17(25)11-18(26)13-19/h3-13H,1-2H3,(H,27,29). The van der Waals surface area contributed by atoms with Gasteiger partial charge < -0.3 is 5.32 Å². The van der Waals surface area contributed by atoms with Crippen molar-refractivity contribution in [1.82, 2.24) is 4.98 Å². The van der Waals surface area contributed by atoms with Crippen LogP contribution in [0.1, 0.15) is 21.5 Å². The summed E-state index contributed by atoms with van der Waals surface area (Å²) in [6.45, 7) is 3.97. The van der Waals surface area contributed by atoms with Crippen LogP contribution in [0.3, 0.4) is 0 Å². The molecular weight excluding hydrogens is 403 g/mol. The number of pyridine rings is 1. The minimum Gasteiger partial charge on any atom is -0.322 e. The number of rotatable bonds is 3. The molecule has 4 aromatic rings. The lowest BCUT2D eigenvalue weighted by Crippen LogP contribution is -2.15. The average molecular weight is 421 g/mol. The first-order valence-corrected chi connectivity index (χ1v) is 9.92. The number of para-hydroxylation sites is 1. The van der Waals surface area contributed by atoms with Gasteiger partial charge in [0.25, 0.3) is 5.91 Å². The van der Waals surface area contributed by atoms with Crippen molar-refractivity contribution < 1.29 is 4.79 Å². The van der Waals surface area contributed by atoms with Gasteiger partial charge in [-0.2, -0.15) is 0 Å². The highest BCUT2D eigenvalue weighted by molar-refractivity contribution is 6.35. The zero-order valence-electron chi connectivity index (χ0n) is 16.0. The highest BCUT2D eigenvalue weighted by Gasteiger charge is 2.19. The third-order valence-electron chi connectivity index (χ3n) is 4.81. The molecule has 0 radical (unpaired) electrons. The van der Waals surface area contributed by atoms with E-state index in [2.05, 4.69) is 5.32 Å². The van der Waals surface area contributed by atoms with E-state index in [4.69, 9.17) is 28.2 Å². The summed E-state index contributed by atoms with van der Waals surface area (Å²) in [4.78, 5) is 18.1. The summed E-state index contributed by atoms with van der Waals surface area (Å²) in [6.07, 6.45) is 0. The molecule has 0 fully saturated rings. The molecule has 1 heterocycles. The van der Waals surface area contributed by atoms with E-state index in [9.17, 15) is 4.79 Å². The highest BCUT2D eigenvalue weighted by atomic mass is 35.5. The van der Waals surface area contributed by atoms with Gasteiger partial charge in [-0.05, 0) is 43.7 Å². The summed E-state index contributed by atoms with van der Waals surface area (Å²) < 4.78 is 0. The van der Waals surface area contributed by atoms with Gasteiger partial charge in [0.05, 0.1) is 16.8 Å². The molecule has 29 heavy (non-hydrogen) atoms. The van der Waals surface area contributed by atoms with Gasteiger partial charge >= 0.3 is 0 Å². The van der Waals surface area contributed by atoms with E-state index < -0.39 is 0 Å². The molecule has 0 spiro atoms. The molecule has 0 unspecified atom stereocenters. The van der Waals surface area contributed by atoms with Crippen LogP contribution in [0.25, 0.3) is 22.2 Å². The molecule has 0 saturated heterocycles. The smallest absolute Gasteiger partial charge is 0.256 e. The minimum absolute atomic E-state index is 0.229. The van der Waals surface area contributed by atoms with Gasteiger partial charge in [0.2, 0.25) is 0 Å². The van der Waals surface area contributed by atoms with Gasteiger partial charge in [-0.1, -0.05) is 71.2 Å². The first-order valence-electron chi connectivity index (χ1n) is 9.16. The topological polar surface area (TPSA) is 42.0 Å². The maximum Gasteiger partial charge on any atom is 0.256 e. The Labute approximate surface area is 179 Å². The van der Waals surface area contributed by atoms with Crippen molar-refractivity contribution in [2.45, 2.75) is 13.8 Å². The van der Waals surface area contributed by atoms with Crippen molar-refractivity contribution in [3.05, 3.63) is 93.5 Å². The van der Waals surface area contributed by atoms with E-state index in [1.165, 1.54) is 5.56 Å². The first-order chi connectivity index (χ1) is 13.9. The number of benzene rings is 3. The third-order valence-corrected chi connectivity index (χ3v) is 5.24. The summed E-state index contributed by atoms with van der Waals surface area (Å²) >= 11 is 12.2. The number of hydrogen-bond acceptors (Lipinski definition) is 2. The number of anilines is 1. The van der Waals surface area contributed by atoms with E-state index in [1.54, 1.807) is 18.2 Å². The molecule has 0 aliphatic carbocycles. The number of aromatic nitrogens is 1. The predicted octanol–water partition coefficient (Wildman–Crippen LogP) is 7.08. The summed E-state index contributed by atoms with van der Waals surface area (Å²) in [7, 11) is 0. The molecule has 5 heteroatoms. The first kappa shape index (κ1) is 19.4. The predicted molar refractivity (Wildman–Crippen MR) is 121 cm³/mol. The van der Waals surface area contributed by atoms with Crippen LogP contribution >= 0.6 is 23.2 Å². The molecule has 4 rings (SSSR count). The van der Waals surface area contributed by atoms with Crippen molar-refractivity contribution in [2.75, 3.05) is 5.32 Å². The van der Waals surface area contributed by atoms with E-state index in [0.29, 0.717) is 21.3 Å². The van der Waals surface area contributed by atoms with Crippen LogP contribution in [0.4, 0.5) is 5.69 Å². The Balaban J connectivity index is 1.87. The summed E-state index contributed by atoms with van der Waals surface area (Å²) in [5.74, 6) is -0.229. The van der Waals surface area contributed by atoms with Crippen molar-refractivity contribution in [2.24, 2.45) is 0 Å². The summed E-state index contributed by atoms with van der Waals surface area (Å²) in [5, 5.41) is 4.65. The lowest BCUT2D eigenvalue weighted by Gasteiger charge is -2.15. The molecule has 0 bridgehead atoms. The number of carbonyl (C=O) groups is 1. The largest absolute Gasteiger partial charge is 0.322 e. The molecule has 0 aliphatic rings. The number of amides is 1. The second-order valence-corrected chi connectivity index (χ2v) is 7.83.